The summed E-state index contributed by atoms with van der Waals surface area (Å²) in [6, 6.07) is 4.31. The number of rotatable bonds is 5. The van der Waals surface area contributed by atoms with Crippen LogP contribution in [0.1, 0.15) is 24.2 Å². The second-order valence-corrected chi connectivity index (χ2v) is 6.14. The molecule has 1 aromatic rings. The first-order valence-electron chi connectivity index (χ1n) is 5.38. The van der Waals surface area contributed by atoms with E-state index in [1.165, 1.54) is 18.2 Å². The van der Waals surface area contributed by atoms with E-state index in [1.54, 1.807) is 11.8 Å². The molecule has 0 fully saturated rings. The Hall–Kier alpha value is -0.300. The molecule has 0 radical (unpaired) electrons. The topological polar surface area (TPSA) is 29.1 Å². The van der Waals surface area contributed by atoms with Crippen LogP contribution in [0.5, 0.6) is 0 Å². The number of amides is 1. The van der Waals surface area contributed by atoms with Gasteiger partial charge in [-0.05, 0) is 53.5 Å². The van der Waals surface area contributed by atoms with Crippen molar-refractivity contribution in [2.75, 3.05) is 11.5 Å². The quantitative estimate of drug-likeness (QED) is 0.810. The van der Waals surface area contributed by atoms with Crippen LogP contribution in [0.15, 0.2) is 18.2 Å². The third kappa shape index (κ3) is 4.83. The van der Waals surface area contributed by atoms with Crippen molar-refractivity contribution in [3.8, 4) is 0 Å². The lowest BCUT2D eigenvalue weighted by atomic mass is 10.2. The van der Waals surface area contributed by atoms with Gasteiger partial charge in [0.25, 0.3) is 5.91 Å². The molecule has 0 bridgehead atoms. The summed E-state index contributed by atoms with van der Waals surface area (Å²) in [6.07, 6.45) is 0. The van der Waals surface area contributed by atoms with Gasteiger partial charge in [0.15, 0.2) is 0 Å². The molecule has 0 saturated carbocycles. The molecule has 0 aliphatic rings. The molecule has 1 aromatic carbocycles. The minimum Gasteiger partial charge on any atom is -0.349 e. The van der Waals surface area contributed by atoms with Gasteiger partial charge in [-0.25, -0.2) is 4.39 Å². The second-order valence-electron chi connectivity index (χ2n) is 3.66. The van der Waals surface area contributed by atoms with Crippen molar-refractivity contribution >= 4 is 40.3 Å². The van der Waals surface area contributed by atoms with Crippen LogP contribution < -0.4 is 5.32 Å². The van der Waals surface area contributed by atoms with Gasteiger partial charge in [-0.3, -0.25) is 4.79 Å². The maximum absolute atomic E-state index is 12.9. The smallest absolute Gasteiger partial charge is 0.252 e. The van der Waals surface area contributed by atoms with Crippen LogP contribution in [0.2, 0.25) is 0 Å². The van der Waals surface area contributed by atoms with Gasteiger partial charge in [-0.1, -0.05) is 6.92 Å². The molecule has 0 saturated heterocycles. The zero-order valence-corrected chi connectivity index (χ0v) is 12.8. The second kappa shape index (κ2) is 7.20. The first-order chi connectivity index (χ1) is 8.04. The highest BCUT2D eigenvalue weighted by molar-refractivity contribution is 14.1. The van der Waals surface area contributed by atoms with E-state index in [2.05, 4.69) is 12.2 Å². The van der Waals surface area contributed by atoms with Crippen LogP contribution in [0, 0.1) is 9.39 Å². The number of carbonyl (C=O) groups is 1. The summed E-state index contributed by atoms with van der Waals surface area (Å²) in [5.74, 6) is 1.47. The Labute approximate surface area is 119 Å². The van der Waals surface area contributed by atoms with Gasteiger partial charge >= 0.3 is 0 Å². The van der Waals surface area contributed by atoms with Crippen LogP contribution in [0.3, 0.4) is 0 Å². The van der Waals surface area contributed by atoms with E-state index in [4.69, 9.17) is 0 Å². The Bertz CT molecular complexity index is 400. The molecule has 0 spiro atoms. The van der Waals surface area contributed by atoms with E-state index in [-0.39, 0.29) is 17.8 Å². The maximum Gasteiger partial charge on any atom is 0.252 e. The van der Waals surface area contributed by atoms with Crippen molar-refractivity contribution in [3.63, 3.8) is 0 Å². The highest BCUT2D eigenvalue weighted by Gasteiger charge is 2.13. The third-order valence-corrected chi connectivity index (χ3v) is 4.16. The summed E-state index contributed by atoms with van der Waals surface area (Å²) >= 11 is 3.75. The first-order valence-corrected chi connectivity index (χ1v) is 7.61. The Balaban J connectivity index is 2.63. The van der Waals surface area contributed by atoms with Crippen LogP contribution in [0.25, 0.3) is 0 Å². The highest BCUT2D eigenvalue weighted by Crippen LogP contribution is 2.14. The molecule has 0 aliphatic heterocycles. The monoisotopic (exact) mass is 367 g/mol. The summed E-state index contributed by atoms with van der Waals surface area (Å²) in [7, 11) is 0. The number of benzene rings is 1. The Kier molecular flexibility index (Phi) is 6.26. The van der Waals surface area contributed by atoms with E-state index in [9.17, 15) is 9.18 Å². The van der Waals surface area contributed by atoms with Crippen molar-refractivity contribution in [3.05, 3.63) is 33.1 Å². The molecule has 1 N–H and O–H groups in total. The lowest BCUT2D eigenvalue weighted by Crippen LogP contribution is -2.34. The predicted octanol–water partition coefficient (Wildman–Crippen LogP) is 3.30. The number of hydrogen-bond donors (Lipinski definition) is 1. The van der Waals surface area contributed by atoms with E-state index in [0.717, 1.165) is 11.5 Å². The summed E-state index contributed by atoms with van der Waals surface area (Å²) in [6.45, 7) is 4.05. The lowest BCUT2D eigenvalue weighted by Gasteiger charge is -2.13. The molecule has 2 nitrogen and oxygen atoms in total. The fraction of sp³-hybridized carbons (Fsp3) is 0.417. The fourth-order valence-corrected chi connectivity index (χ4v) is 2.71. The number of hydrogen-bond acceptors (Lipinski definition) is 2. The van der Waals surface area contributed by atoms with Gasteiger partial charge in [0.2, 0.25) is 0 Å². The standard InChI is InChI=1S/C12H15FINOS/c1-3-17-7-8(2)15-12(16)10-5-4-9(13)6-11(10)14/h4-6,8H,3,7H2,1-2H3,(H,15,16). The van der Waals surface area contributed by atoms with Gasteiger partial charge in [0.1, 0.15) is 5.82 Å². The average Bonchev–Trinajstić information content (AvgIpc) is 2.26. The van der Waals surface area contributed by atoms with E-state index >= 15 is 0 Å². The van der Waals surface area contributed by atoms with Crippen molar-refractivity contribution in [1.82, 2.24) is 5.32 Å². The van der Waals surface area contributed by atoms with Crippen LogP contribution >= 0.6 is 34.4 Å². The third-order valence-electron chi connectivity index (χ3n) is 2.13. The van der Waals surface area contributed by atoms with Crippen molar-refractivity contribution in [2.24, 2.45) is 0 Å². The zero-order valence-electron chi connectivity index (χ0n) is 9.80. The van der Waals surface area contributed by atoms with E-state index in [0.29, 0.717) is 9.13 Å². The maximum atomic E-state index is 12.9. The largest absolute Gasteiger partial charge is 0.349 e. The molecule has 5 heteroatoms. The minimum atomic E-state index is -0.319. The van der Waals surface area contributed by atoms with Gasteiger partial charge in [-0.15, -0.1) is 0 Å². The van der Waals surface area contributed by atoms with Gasteiger partial charge in [-0.2, -0.15) is 11.8 Å². The minimum absolute atomic E-state index is 0.119. The average molecular weight is 367 g/mol. The SMILES string of the molecule is CCSCC(C)NC(=O)c1ccc(F)cc1I. The first kappa shape index (κ1) is 14.8. The van der Waals surface area contributed by atoms with Gasteiger partial charge in [0.05, 0.1) is 5.56 Å². The molecule has 1 amide bonds. The van der Waals surface area contributed by atoms with Gasteiger partial charge in [0, 0.05) is 15.4 Å². The number of halogens is 2. The number of nitrogens with one attached hydrogen (secondary N) is 1. The lowest BCUT2D eigenvalue weighted by molar-refractivity contribution is 0.0943. The van der Waals surface area contributed by atoms with Crippen molar-refractivity contribution < 1.29 is 9.18 Å². The molecular formula is C12H15FINOS. The fourth-order valence-electron chi connectivity index (χ4n) is 1.31. The Morgan fingerprint density at radius 2 is 2.29 bits per heavy atom. The van der Waals surface area contributed by atoms with E-state index in [1.807, 2.05) is 29.5 Å². The summed E-state index contributed by atoms with van der Waals surface area (Å²) < 4.78 is 13.5. The molecule has 0 aliphatic carbocycles. The number of thioether (sulfide) groups is 1. The van der Waals surface area contributed by atoms with Crippen LogP contribution in [-0.4, -0.2) is 23.5 Å². The molecule has 94 valence electrons. The number of carbonyl (C=O) groups excluding carboxylic acids is 1. The zero-order chi connectivity index (χ0) is 12.8. The normalized spacial score (nSPS) is 12.2. The van der Waals surface area contributed by atoms with Crippen molar-refractivity contribution in [1.29, 1.82) is 0 Å². The van der Waals surface area contributed by atoms with Crippen LogP contribution in [0.4, 0.5) is 4.39 Å². The van der Waals surface area contributed by atoms with E-state index < -0.39 is 0 Å². The van der Waals surface area contributed by atoms with Crippen LogP contribution in [-0.2, 0) is 0 Å². The Morgan fingerprint density at radius 1 is 1.59 bits per heavy atom. The molecule has 0 aromatic heterocycles. The van der Waals surface area contributed by atoms with Crippen molar-refractivity contribution in [2.45, 2.75) is 19.9 Å². The summed E-state index contributed by atoms with van der Waals surface area (Å²) in [4.78, 5) is 11.9. The summed E-state index contributed by atoms with van der Waals surface area (Å²) in [5, 5.41) is 2.90. The highest BCUT2D eigenvalue weighted by atomic mass is 127. The molecule has 0 heterocycles. The predicted molar refractivity (Wildman–Crippen MR) is 79.0 cm³/mol. The molecule has 1 atom stereocenters. The molecule has 1 rings (SSSR count). The molecule has 1 unspecified atom stereocenters. The summed E-state index contributed by atoms with van der Waals surface area (Å²) in [5.41, 5.74) is 0.528. The Morgan fingerprint density at radius 3 is 2.88 bits per heavy atom. The molecule has 17 heavy (non-hydrogen) atoms. The van der Waals surface area contributed by atoms with Gasteiger partial charge < -0.3 is 5.32 Å². The molecular weight excluding hydrogens is 352 g/mol.